The summed E-state index contributed by atoms with van der Waals surface area (Å²) in [4.78, 5) is 27.8. The van der Waals surface area contributed by atoms with Crippen molar-refractivity contribution in [2.45, 2.75) is 0 Å². The van der Waals surface area contributed by atoms with Crippen molar-refractivity contribution in [1.29, 1.82) is 0 Å². The Kier molecular flexibility index (Phi) is 3.18. The Morgan fingerprint density at radius 1 is 0.952 bits per heavy atom. The smallest absolute Gasteiger partial charge is 0.196 e. The zero-order valence-corrected chi connectivity index (χ0v) is 11.8. The van der Waals surface area contributed by atoms with E-state index in [0.717, 1.165) is 0 Å². The topological polar surface area (TPSA) is 82.9 Å². The average Bonchev–Trinajstić information content (AvgIpc) is 2.47. The first-order valence-corrected chi connectivity index (χ1v) is 6.57. The molecule has 102 valence electrons. The summed E-state index contributed by atoms with van der Waals surface area (Å²) in [5.74, 6) is -0.830. The van der Waals surface area contributed by atoms with Crippen LogP contribution in [0, 0.1) is 0 Å². The number of carbonyl (C=O) groups is 2. The van der Waals surface area contributed by atoms with Gasteiger partial charge in [-0.25, -0.2) is 0 Å². The second-order valence-corrected chi connectivity index (χ2v) is 5.15. The van der Waals surface area contributed by atoms with Crippen molar-refractivity contribution >= 4 is 40.5 Å². The number of benzene rings is 2. The van der Waals surface area contributed by atoms with Crippen LogP contribution in [0.2, 0.25) is 10.0 Å². The van der Waals surface area contributed by atoms with Gasteiger partial charge in [0, 0.05) is 21.6 Å². The van der Waals surface area contributed by atoms with Gasteiger partial charge in [-0.3, -0.25) is 9.59 Å². The van der Waals surface area contributed by atoms with Gasteiger partial charge in [0.05, 0.1) is 21.3 Å². The summed E-state index contributed by atoms with van der Waals surface area (Å²) in [7, 11) is 0. The molecule has 0 amide bonds. The van der Waals surface area contributed by atoms with Gasteiger partial charge in [-0.05, 0) is 11.6 Å². The van der Waals surface area contributed by atoms with Crippen molar-refractivity contribution in [2.24, 2.45) is 5.11 Å². The Labute approximate surface area is 128 Å². The molecule has 7 heteroatoms. The lowest BCUT2D eigenvalue weighted by Gasteiger charge is -2.20. The van der Waals surface area contributed by atoms with Crippen molar-refractivity contribution in [3.8, 4) is 0 Å². The molecular formula is C14H5Cl2N3O2. The van der Waals surface area contributed by atoms with Crippen LogP contribution in [0.1, 0.15) is 31.8 Å². The fraction of sp³-hybridized carbons (Fsp3) is 0. The minimum Gasteiger partial charge on any atom is -0.289 e. The Morgan fingerprint density at radius 3 is 2.10 bits per heavy atom. The van der Waals surface area contributed by atoms with Crippen molar-refractivity contribution < 1.29 is 9.59 Å². The number of azide groups is 1. The predicted octanol–water partition coefficient (Wildman–Crippen LogP) is 4.71. The van der Waals surface area contributed by atoms with E-state index >= 15 is 0 Å². The molecule has 0 unspecified atom stereocenters. The van der Waals surface area contributed by atoms with Crippen molar-refractivity contribution in [3.63, 3.8) is 0 Å². The van der Waals surface area contributed by atoms with Crippen LogP contribution >= 0.6 is 23.2 Å². The standard InChI is InChI=1S/C14H5Cl2N3O2/c15-8-5-9(16)12(18-19-17)11-10(8)13(20)6-3-1-2-4-7(6)14(11)21/h1-5H. The van der Waals surface area contributed by atoms with Crippen LogP contribution in [0.25, 0.3) is 10.4 Å². The maximum atomic E-state index is 12.6. The zero-order chi connectivity index (χ0) is 15.1. The summed E-state index contributed by atoms with van der Waals surface area (Å²) >= 11 is 12.0. The van der Waals surface area contributed by atoms with Crippen molar-refractivity contribution in [2.75, 3.05) is 0 Å². The Balaban J connectivity index is 2.45. The molecule has 0 N–H and O–H groups in total. The molecule has 21 heavy (non-hydrogen) atoms. The summed E-state index contributed by atoms with van der Waals surface area (Å²) < 4.78 is 0. The molecule has 0 aliphatic heterocycles. The van der Waals surface area contributed by atoms with E-state index in [-0.39, 0.29) is 38.0 Å². The molecule has 0 saturated heterocycles. The third-order valence-corrected chi connectivity index (χ3v) is 3.81. The van der Waals surface area contributed by atoms with E-state index in [1.165, 1.54) is 12.1 Å². The number of hydrogen-bond donors (Lipinski definition) is 0. The third-order valence-electron chi connectivity index (χ3n) is 3.22. The third kappa shape index (κ3) is 1.91. The van der Waals surface area contributed by atoms with E-state index in [1.807, 2.05) is 0 Å². The van der Waals surface area contributed by atoms with Crippen LogP contribution < -0.4 is 0 Å². The SMILES string of the molecule is [N-]=[N+]=Nc1c(Cl)cc(Cl)c2c1C(=O)c1ccccc1C2=O. The number of nitrogens with zero attached hydrogens (tertiary/aromatic N) is 3. The van der Waals surface area contributed by atoms with Gasteiger partial charge in [0.1, 0.15) is 0 Å². The van der Waals surface area contributed by atoms with Crippen LogP contribution in [0.5, 0.6) is 0 Å². The first-order valence-electron chi connectivity index (χ1n) is 5.81. The predicted molar refractivity (Wildman–Crippen MR) is 78.6 cm³/mol. The van der Waals surface area contributed by atoms with E-state index in [1.54, 1.807) is 18.2 Å². The van der Waals surface area contributed by atoms with E-state index < -0.39 is 11.6 Å². The molecule has 0 fully saturated rings. The molecule has 0 saturated carbocycles. The number of ketones is 2. The van der Waals surface area contributed by atoms with Gasteiger partial charge in [0.25, 0.3) is 0 Å². The highest BCUT2D eigenvalue weighted by Gasteiger charge is 2.34. The minimum absolute atomic E-state index is 0.0205. The lowest BCUT2D eigenvalue weighted by Crippen LogP contribution is -2.21. The molecule has 3 rings (SSSR count). The highest BCUT2D eigenvalue weighted by molar-refractivity contribution is 6.43. The van der Waals surface area contributed by atoms with E-state index in [9.17, 15) is 9.59 Å². The van der Waals surface area contributed by atoms with Crippen LogP contribution in [0.3, 0.4) is 0 Å². The normalized spacial score (nSPS) is 12.5. The fourth-order valence-corrected chi connectivity index (χ4v) is 2.93. The minimum atomic E-state index is -0.438. The maximum absolute atomic E-state index is 12.6. The highest BCUT2D eigenvalue weighted by atomic mass is 35.5. The van der Waals surface area contributed by atoms with Crippen molar-refractivity contribution in [1.82, 2.24) is 0 Å². The van der Waals surface area contributed by atoms with Gasteiger partial charge >= 0.3 is 0 Å². The number of fused-ring (bicyclic) bond motifs is 2. The Morgan fingerprint density at radius 2 is 1.52 bits per heavy atom. The number of halogens is 2. The highest BCUT2D eigenvalue weighted by Crippen LogP contribution is 2.41. The van der Waals surface area contributed by atoms with Gasteiger partial charge in [-0.15, -0.1) is 0 Å². The monoisotopic (exact) mass is 317 g/mol. The Bertz CT molecular complexity index is 871. The molecular weight excluding hydrogens is 313 g/mol. The van der Waals surface area contributed by atoms with E-state index in [4.69, 9.17) is 28.7 Å². The quantitative estimate of drug-likeness (QED) is 0.370. The van der Waals surface area contributed by atoms with Gasteiger partial charge in [-0.2, -0.15) is 0 Å². The van der Waals surface area contributed by atoms with Crippen LogP contribution in [0.15, 0.2) is 35.4 Å². The number of rotatable bonds is 1. The molecule has 2 aromatic rings. The molecule has 2 aromatic carbocycles. The summed E-state index contributed by atoms with van der Waals surface area (Å²) in [6.07, 6.45) is 0. The number of carbonyl (C=O) groups excluding carboxylic acids is 2. The number of hydrogen-bond acceptors (Lipinski definition) is 3. The van der Waals surface area contributed by atoms with E-state index in [0.29, 0.717) is 0 Å². The van der Waals surface area contributed by atoms with Crippen molar-refractivity contribution in [3.05, 3.63) is 73.1 Å². The van der Waals surface area contributed by atoms with Crippen LogP contribution in [-0.4, -0.2) is 11.6 Å². The first kappa shape index (κ1) is 13.6. The van der Waals surface area contributed by atoms with E-state index in [2.05, 4.69) is 10.0 Å². The summed E-state index contributed by atoms with van der Waals surface area (Å²) in [6.45, 7) is 0. The molecule has 0 aromatic heterocycles. The maximum Gasteiger partial charge on any atom is 0.196 e. The first-order chi connectivity index (χ1) is 10.1. The molecule has 0 atom stereocenters. The van der Waals surface area contributed by atoms with Gasteiger partial charge < -0.3 is 0 Å². The molecule has 0 radical (unpaired) electrons. The summed E-state index contributed by atoms with van der Waals surface area (Å²) in [6, 6.07) is 7.69. The lowest BCUT2D eigenvalue weighted by atomic mass is 9.83. The molecule has 1 aliphatic carbocycles. The fourth-order valence-electron chi connectivity index (χ4n) is 2.34. The Hall–Kier alpha value is -2.33. The summed E-state index contributed by atoms with van der Waals surface area (Å²) in [5, 5.41) is 3.52. The van der Waals surface area contributed by atoms with Gasteiger partial charge in [0.2, 0.25) is 0 Å². The largest absolute Gasteiger partial charge is 0.289 e. The molecule has 0 spiro atoms. The molecule has 0 bridgehead atoms. The molecule has 1 aliphatic rings. The molecule has 5 nitrogen and oxygen atoms in total. The lowest BCUT2D eigenvalue weighted by molar-refractivity contribution is 0.0979. The van der Waals surface area contributed by atoms with Crippen LogP contribution in [0.4, 0.5) is 5.69 Å². The van der Waals surface area contributed by atoms with Gasteiger partial charge in [0.15, 0.2) is 11.6 Å². The average molecular weight is 318 g/mol. The second-order valence-electron chi connectivity index (χ2n) is 4.33. The van der Waals surface area contributed by atoms with Crippen LogP contribution in [-0.2, 0) is 0 Å². The second kappa shape index (κ2) is 4.90. The molecule has 0 heterocycles. The zero-order valence-electron chi connectivity index (χ0n) is 10.3. The van der Waals surface area contributed by atoms with Gasteiger partial charge in [-0.1, -0.05) is 52.6 Å². The summed E-state index contributed by atoms with van der Waals surface area (Å²) in [5.41, 5.74) is 9.04.